The van der Waals surface area contributed by atoms with Gasteiger partial charge in [0.15, 0.2) is 17.7 Å². The molecule has 0 bridgehead atoms. The van der Waals surface area contributed by atoms with E-state index in [4.69, 9.17) is 23.7 Å². The SMILES string of the molecule is CC[C@H]1OC(=O)[C@](C)(F)C(=O)[C@H](C)[C@@H](O[C@@H]2O[C@H](C)C[C@H](N(C)C)[C@H]2O)[C@@](C)(OC/C=C/c2cnc3ccccc3c2)C[C@@H](C)C(=O)[C@]2(C)CN[C@H]3C(=O)O[C@@]1(C)[C@H]32. The van der Waals surface area contributed by atoms with Gasteiger partial charge in [-0.3, -0.25) is 19.4 Å². The van der Waals surface area contributed by atoms with Crippen molar-refractivity contribution < 1.29 is 52.4 Å². The summed E-state index contributed by atoms with van der Waals surface area (Å²) in [6.07, 6.45) is 0.544. The molecule has 4 aliphatic heterocycles. The van der Waals surface area contributed by atoms with Gasteiger partial charge in [-0.1, -0.05) is 58.0 Å². The molecule has 14 heteroatoms. The number of alkyl halides is 1. The third-order valence-electron chi connectivity index (χ3n) is 13.2. The van der Waals surface area contributed by atoms with E-state index >= 15 is 4.39 Å². The van der Waals surface area contributed by atoms with E-state index in [1.807, 2.05) is 62.3 Å². The van der Waals surface area contributed by atoms with Crippen LogP contribution in [0.5, 0.6) is 0 Å². The molecule has 13 nitrogen and oxygen atoms in total. The monoisotopic (exact) mass is 809 g/mol. The van der Waals surface area contributed by atoms with Crippen LogP contribution < -0.4 is 5.32 Å². The maximum absolute atomic E-state index is 17.0. The number of cyclic esters (lactones) is 1. The number of esters is 2. The average Bonchev–Trinajstić information content (AvgIpc) is 3.68. The number of aromatic nitrogens is 1. The molecule has 0 aliphatic carbocycles. The first-order valence-corrected chi connectivity index (χ1v) is 20.4. The topological polar surface area (TPSA) is 163 Å². The summed E-state index contributed by atoms with van der Waals surface area (Å²) < 4.78 is 48.3. The van der Waals surface area contributed by atoms with Crippen molar-refractivity contribution in [2.75, 3.05) is 27.2 Å². The van der Waals surface area contributed by atoms with Crippen LogP contribution in [-0.4, -0.2) is 125 Å². The van der Waals surface area contributed by atoms with Gasteiger partial charge in [0.05, 0.1) is 29.9 Å². The lowest BCUT2D eigenvalue weighted by Gasteiger charge is -2.48. The number of ether oxygens (including phenoxy) is 5. The Balaban J connectivity index is 1.44. The predicted octanol–water partition coefficient (Wildman–Crippen LogP) is 4.61. The van der Waals surface area contributed by atoms with Gasteiger partial charge in [0.25, 0.3) is 5.67 Å². The molecule has 0 spiro atoms. The second-order valence-corrected chi connectivity index (χ2v) is 17.9. The summed E-state index contributed by atoms with van der Waals surface area (Å²) >= 11 is 0. The number of para-hydroxylation sites is 1. The van der Waals surface area contributed by atoms with Crippen molar-refractivity contribution in [1.82, 2.24) is 15.2 Å². The summed E-state index contributed by atoms with van der Waals surface area (Å²) in [5.74, 6) is -6.38. The van der Waals surface area contributed by atoms with Gasteiger partial charge in [-0.05, 0) is 78.7 Å². The molecule has 318 valence electrons. The summed E-state index contributed by atoms with van der Waals surface area (Å²) in [6, 6.07) is 8.45. The van der Waals surface area contributed by atoms with Crippen molar-refractivity contribution in [3.8, 4) is 0 Å². The third-order valence-corrected chi connectivity index (χ3v) is 13.2. The fourth-order valence-electron chi connectivity index (χ4n) is 10.2. The van der Waals surface area contributed by atoms with Crippen molar-refractivity contribution >= 4 is 40.5 Å². The number of nitrogens with one attached hydrogen (secondary N) is 1. The summed E-state index contributed by atoms with van der Waals surface area (Å²) in [5.41, 5.74) is -5.80. The number of pyridine rings is 1. The van der Waals surface area contributed by atoms with Gasteiger partial charge < -0.3 is 39.0 Å². The van der Waals surface area contributed by atoms with Crippen LogP contribution in [0.1, 0.15) is 80.2 Å². The largest absolute Gasteiger partial charge is 0.455 e. The van der Waals surface area contributed by atoms with E-state index < -0.39 is 88.4 Å². The van der Waals surface area contributed by atoms with E-state index in [0.717, 1.165) is 23.4 Å². The molecule has 4 fully saturated rings. The molecule has 14 atom stereocenters. The number of Topliss-reactive ketones (excluding diaryl/α,β-unsaturated/α-hetero) is 2. The molecule has 2 aromatic rings. The van der Waals surface area contributed by atoms with Crippen LogP contribution in [-0.2, 0) is 42.9 Å². The molecule has 1 aromatic carbocycles. The number of carbonyl (C=O) groups is 4. The fraction of sp³-hybridized carbons (Fsp3) is 0.659. The number of hydrogen-bond donors (Lipinski definition) is 2. The molecular weight excluding hydrogens is 749 g/mol. The lowest BCUT2D eigenvalue weighted by molar-refractivity contribution is -0.297. The van der Waals surface area contributed by atoms with Crippen LogP contribution in [0.25, 0.3) is 17.0 Å². The van der Waals surface area contributed by atoms with Crippen LogP contribution in [0.4, 0.5) is 4.39 Å². The van der Waals surface area contributed by atoms with Crippen molar-refractivity contribution in [1.29, 1.82) is 0 Å². The van der Waals surface area contributed by atoms with Gasteiger partial charge in [0.2, 0.25) is 0 Å². The molecule has 6 rings (SSSR count). The lowest BCUT2D eigenvalue weighted by Crippen LogP contribution is -2.61. The number of rotatable bonds is 8. The Morgan fingerprint density at radius 3 is 2.47 bits per heavy atom. The fourth-order valence-corrected chi connectivity index (χ4v) is 10.2. The summed E-state index contributed by atoms with van der Waals surface area (Å²) in [7, 11) is 3.66. The van der Waals surface area contributed by atoms with E-state index in [1.165, 1.54) is 6.92 Å². The molecule has 2 N–H and O–H groups in total. The molecule has 1 aromatic heterocycles. The van der Waals surface area contributed by atoms with Crippen LogP contribution in [0.3, 0.4) is 0 Å². The minimum atomic E-state index is -3.19. The van der Waals surface area contributed by atoms with Crippen LogP contribution in [0.2, 0.25) is 0 Å². The smallest absolute Gasteiger partial charge is 0.351 e. The maximum Gasteiger partial charge on any atom is 0.351 e. The molecule has 0 unspecified atom stereocenters. The number of hydrogen-bond acceptors (Lipinski definition) is 13. The summed E-state index contributed by atoms with van der Waals surface area (Å²) in [4.78, 5) is 63.1. The Hall–Kier alpha value is -3.66. The maximum atomic E-state index is 17.0. The van der Waals surface area contributed by atoms with E-state index in [2.05, 4.69) is 10.3 Å². The number of benzene rings is 1. The number of nitrogens with zero attached hydrogens (tertiary/aromatic N) is 2. The number of aliphatic hydroxyl groups excluding tert-OH is 1. The highest BCUT2D eigenvalue weighted by Gasteiger charge is 2.69. The normalized spacial score (nSPS) is 41.5. The predicted molar refractivity (Wildman–Crippen MR) is 213 cm³/mol. The number of fused-ring (bicyclic) bond motifs is 1. The molecule has 4 saturated heterocycles. The zero-order valence-electron chi connectivity index (χ0n) is 35.3. The van der Waals surface area contributed by atoms with Crippen LogP contribution in [0, 0.1) is 23.2 Å². The van der Waals surface area contributed by atoms with E-state index in [9.17, 15) is 24.3 Å². The molecule has 4 aliphatic rings. The van der Waals surface area contributed by atoms with E-state index in [-0.39, 0.29) is 43.9 Å². The Morgan fingerprint density at radius 2 is 1.78 bits per heavy atom. The molecular formula is C44H60FN3O10. The van der Waals surface area contributed by atoms with Gasteiger partial charge >= 0.3 is 11.9 Å². The average molecular weight is 810 g/mol. The summed E-state index contributed by atoms with van der Waals surface area (Å²) in [5, 5.41) is 15.8. The van der Waals surface area contributed by atoms with Crippen LogP contribution in [0.15, 0.2) is 42.6 Å². The number of likely N-dealkylation sites (N-methyl/N-ethyl adjacent to an activating group) is 1. The Bertz CT molecular complexity index is 1920. The van der Waals surface area contributed by atoms with Crippen molar-refractivity contribution in [2.24, 2.45) is 23.2 Å². The Kier molecular flexibility index (Phi) is 12.4. The number of carbonyl (C=O) groups excluding carboxylic acids is 4. The minimum Gasteiger partial charge on any atom is -0.455 e. The van der Waals surface area contributed by atoms with Gasteiger partial charge in [-0.2, -0.15) is 0 Å². The first kappa shape index (κ1) is 43.9. The number of halogens is 1. The summed E-state index contributed by atoms with van der Waals surface area (Å²) in [6.45, 7) is 12.8. The van der Waals surface area contributed by atoms with Gasteiger partial charge in [-0.15, -0.1) is 0 Å². The quantitative estimate of drug-likeness (QED) is 0.281. The van der Waals surface area contributed by atoms with Gasteiger partial charge in [0.1, 0.15) is 24.0 Å². The molecule has 0 radical (unpaired) electrons. The zero-order valence-corrected chi connectivity index (χ0v) is 35.3. The third kappa shape index (κ3) is 7.88. The number of ketones is 2. The first-order valence-electron chi connectivity index (χ1n) is 20.4. The molecule has 58 heavy (non-hydrogen) atoms. The molecule has 5 heterocycles. The Labute approximate surface area is 340 Å². The molecule has 0 saturated carbocycles. The van der Waals surface area contributed by atoms with Gasteiger partial charge in [0, 0.05) is 47.3 Å². The highest BCUT2D eigenvalue weighted by atomic mass is 19.1. The second kappa shape index (κ2) is 16.4. The highest BCUT2D eigenvalue weighted by Crippen LogP contribution is 2.53. The standard InChI is InChI=1S/C44H60FN3O10/c1-11-31-44(8)34-32(38(52)58-44)47-23-41(34,5)35(50)24(2)21-42(6,54-18-14-15-27-20-28-16-12-13-17-29(28)46-22-27)37(26(4)36(51)43(7,45)40(53)56-31)57-39-33(49)30(48(9)10)19-25(3)55-39/h12-17,20,22,24-26,30-34,37,39,47,49H,11,18-19,21,23H2,1-10H3/b15-14+/t24-,25-,26+,30+,31-,32-,33-,34-,37-,39+,41-,42+,43-,44-/m1/s1. The minimum absolute atomic E-state index is 0.0296. The van der Waals surface area contributed by atoms with E-state index in [1.54, 1.807) is 46.9 Å². The second-order valence-electron chi connectivity index (χ2n) is 17.9. The van der Waals surface area contributed by atoms with Crippen molar-refractivity contribution in [2.45, 2.75) is 134 Å². The van der Waals surface area contributed by atoms with E-state index in [0.29, 0.717) is 6.42 Å². The lowest BCUT2D eigenvalue weighted by atomic mass is 9.62. The molecule has 0 amide bonds. The van der Waals surface area contributed by atoms with Crippen molar-refractivity contribution in [3.63, 3.8) is 0 Å². The Morgan fingerprint density at radius 1 is 1.07 bits per heavy atom. The number of aliphatic hydroxyl groups is 1. The highest BCUT2D eigenvalue weighted by molar-refractivity contribution is 6.08. The van der Waals surface area contributed by atoms with Crippen LogP contribution >= 0.6 is 0 Å². The van der Waals surface area contributed by atoms with Gasteiger partial charge in [-0.25, -0.2) is 9.18 Å². The zero-order chi connectivity index (χ0) is 42.5. The first-order chi connectivity index (χ1) is 27.2. The van der Waals surface area contributed by atoms with Crippen molar-refractivity contribution in [3.05, 3.63) is 48.2 Å².